The van der Waals surface area contributed by atoms with E-state index in [2.05, 4.69) is 30.1 Å². The Labute approximate surface area is 111 Å². The van der Waals surface area contributed by atoms with Crippen LogP contribution in [-0.4, -0.2) is 10.5 Å². The number of aromatic nitrogens is 1. The largest absolute Gasteiger partial charge is 0.319 e. The van der Waals surface area contributed by atoms with Gasteiger partial charge in [0.15, 0.2) is 4.80 Å². The third-order valence-electron chi connectivity index (χ3n) is 2.80. The van der Waals surface area contributed by atoms with Gasteiger partial charge in [-0.15, -0.1) is 0 Å². The molecule has 1 aromatic heterocycles. The van der Waals surface area contributed by atoms with Crippen molar-refractivity contribution < 1.29 is 4.79 Å². The maximum atomic E-state index is 12.0. The number of carbonyl (C=O) groups is 1. The number of nitrogens with zero attached hydrogens (tertiary/aromatic N) is 2. The van der Waals surface area contributed by atoms with Gasteiger partial charge in [-0.3, -0.25) is 4.79 Å². The van der Waals surface area contributed by atoms with Gasteiger partial charge in [-0.25, -0.2) is 0 Å². The molecule has 0 aliphatic heterocycles. The molecule has 1 amide bonds. The standard InChI is InChI=1S/C14H18N2OS/c1-9-6-7-10-11(8-9)18-13(16(10)5)15-12(17)14(2,3)4/h6-8H,1-5H3. The highest BCUT2D eigenvalue weighted by Gasteiger charge is 2.20. The smallest absolute Gasteiger partial charge is 0.253 e. The average molecular weight is 262 g/mol. The fourth-order valence-corrected chi connectivity index (χ4v) is 2.72. The van der Waals surface area contributed by atoms with E-state index in [0.29, 0.717) is 0 Å². The highest BCUT2D eigenvalue weighted by molar-refractivity contribution is 7.16. The Hall–Kier alpha value is -1.42. The zero-order valence-corrected chi connectivity index (χ0v) is 12.3. The van der Waals surface area contributed by atoms with Gasteiger partial charge in [0.1, 0.15) is 0 Å². The molecule has 0 fully saturated rings. The molecule has 0 aliphatic rings. The van der Waals surface area contributed by atoms with E-state index < -0.39 is 5.41 Å². The zero-order valence-electron chi connectivity index (χ0n) is 11.4. The van der Waals surface area contributed by atoms with E-state index in [4.69, 9.17) is 0 Å². The SMILES string of the molecule is Cc1ccc2c(c1)sc(=NC(=O)C(C)(C)C)n2C. The molecule has 3 nitrogen and oxygen atoms in total. The first-order chi connectivity index (χ1) is 8.29. The van der Waals surface area contributed by atoms with Gasteiger partial charge in [0.25, 0.3) is 5.91 Å². The molecule has 18 heavy (non-hydrogen) atoms. The second kappa shape index (κ2) is 4.35. The summed E-state index contributed by atoms with van der Waals surface area (Å²) < 4.78 is 3.14. The lowest BCUT2D eigenvalue weighted by Gasteiger charge is -2.11. The van der Waals surface area contributed by atoms with Gasteiger partial charge < -0.3 is 4.57 Å². The predicted molar refractivity (Wildman–Crippen MR) is 75.6 cm³/mol. The summed E-state index contributed by atoms with van der Waals surface area (Å²) in [4.78, 5) is 17.0. The van der Waals surface area contributed by atoms with E-state index in [-0.39, 0.29) is 5.91 Å². The van der Waals surface area contributed by atoms with Crippen molar-refractivity contribution in [2.75, 3.05) is 0 Å². The summed E-state index contributed by atoms with van der Waals surface area (Å²) in [6.45, 7) is 7.72. The number of amides is 1. The lowest BCUT2D eigenvalue weighted by Crippen LogP contribution is -2.22. The average Bonchev–Trinajstić information content (AvgIpc) is 2.54. The van der Waals surface area contributed by atoms with Gasteiger partial charge in [-0.2, -0.15) is 4.99 Å². The quantitative estimate of drug-likeness (QED) is 0.718. The fourth-order valence-electron chi connectivity index (χ4n) is 1.60. The zero-order chi connectivity index (χ0) is 13.5. The maximum Gasteiger partial charge on any atom is 0.253 e. The second-order valence-electron chi connectivity index (χ2n) is 5.58. The van der Waals surface area contributed by atoms with E-state index in [0.717, 1.165) is 15.0 Å². The number of hydrogen-bond donors (Lipinski definition) is 0. The van der Waals surface area contributed by atoms with Crippen molar-refractivity contribution in [1.82, 2.24) is 4.57 Å². The minimum absolute atomic E-state index is 0.0821. The van der Waals surface area contributed by atoms with Crippen molar-refractivity contribution >= 4 is 27.5 Å². The predicted octanol–water partition coefficient (Wildman–Crippen LogP) is 3.02. The van der Waals surface area contributed by atoms with Crippen LogP contribution in [0.2, 0.25) is 0 Å². The molecule has 0 N–H and O–H groups in total. The third kappa shape index (κ3) is 2.38. The Morgan fingerprint density at radius 2 is 2.00 bits per heavy atom. The number of carbonyl (C=O) groups excluding carboxylic acids is 1. The van der Waals surface area contributed by atoms with Gasteiger partial charge in [0, 0.05) is 12.5 Å². The monoisotopic (exact) mass is 262 g/mol. The molecule has 2 rings (SSSR count). The molecule has 0 atom stereocenters. The van der Waals surface area contributed by atoms with Gasteiger partial charge in [0.2, 0.25) is 0 Å². The van der Waals surface area contributed by atoms with Crippen LogP contribution in [0.15, 0.2) is 23.2 Å². The third-order valence-corrected chi connectivity index (χ3v) is 3.90. The number of hydrogen-bond acceptors (Lipinski definition) is 2. The van der Waals surface area contributed by atoms with Crippen molar-refractivity contribution in [1.29, 1.82) is 0 Å². The molecule has 96 valence electrons. The summed E-state index contributed by atoms with van der Waals surface area (Å²) in [6, 6.07) is 6.27. The summed E-state index contributed by atoms with van der Waals surface area (Å²) in [5.74, 6) is -0.0821. The summed E-state index contributed by atoms with van der Waals surface area (Å²) in [7, 11) is 1.95. The number of aryl methyl sites for hydroxylation is 2. The van der Waals surface area contributed by atoms with Crippen LogP contribution in [0.25, 0.3) is 10.2 Å². The van der Waals surface area contributed by atoms with Crippen LogP contribution >= 0.6 is 11.3 Å². The molecular weight excluding hydrogens is 244 g/mol. The topological polar surface area (TPSA) is 34.4 Å². The molecule has 1 heterocycles. The van der Waals surface area contributed by atoms with E-state index in [1.165, 1.54) is 5.56 Å². The molecule has 0 saturated heterocycles. The van der Waals surface area contributed by atoms with Crippen LogP contribution in [0.3, 0.4) is 0 Å². The summed E-state index contributed by atoms with van der Waals surface area (Å²) >= 11 is 1.56. The Balaban J connectivity index is 2.63. The second-order valence-corrected chi connectivity index (χ2v) is 6.59. The first-order valence-corrected chi connectivity index (χ1v) is 6.76. The van der Waals surface area contributed by atoms with Crippen LogP contribution in [-0.2, 0) is 11.8 Å². The van der Waals surface area contributed by atoms with Crippen molar-refractivity contribution in [2.24, 2.45) is 17.5 Å². The van der Waals surface area contributed by atoms with Crippen LogP contribution < -0.4 is 4.80 Å². The van der Waals surface area contributed by atoms with Gasteiger partial charge in [-0.1, -0.05) is 38.2 Å². The Kier molecular flexibility index (Phi) is 3.15. The summed E-state index contributed by atoms with van der Waals surface area (Å²) in [5, 5.41) is 0. The first kappa shape index (κ1) is 13.0. The molecule has 0 aliphatic carbocycles. The van der Waals surface area contributed by atoms with E-state index in [1.54, 1.807) is 11.3 Å². The number of rotatable bonds is 0. The summed E-state index contributed by atoms with van der Waals surface area (Å²) in [6.07, 6.45) is 0. The molecule has 0 spiro atoms. The van der Waals surface area contributed by atoms with Crippen molar-refractivity contribution in [3.63, 3.8) is 0 Å². The minimum Gasteiger partial charge on any atom is -0.319 e. The molecule has 2 aromatic rings. The van der Waals surface area contributed by atoms with Gasteiger partial charge >= 0.3 is 0 Å². The number of fused-ring (bicyclic) bond motifs is 1. The lowest BCUT2D eigenvalue weighted by molar-refractivity contribution is -0.125. The van der Waals surface area contributed by atoms with Crippen molar-refractivity contribution in [3.8, 4) is 0 Å². The molecule has 0 unspecified atom stereocenters. The van der Waals surface area contributed by atoms with Crippen LogP contribution in [0, 0.1) is 12.3 Å². The van der Waals surface area contributed by atoms with Crippen LogP contribution in [0.5, 0.6) is 0 Å². The van der Waals surface area contributed by atoms with Gasteiger partial charge in [-0.05, 0) is 24.6 Å². The van der Waals surface area contributed by atoms with Crippen molar-refractivity contribution in [3.05, 3.63) is 28.6 Å². The normalized spacial score (nSPS) is 13.3. The fraction of sp³-hybridized carbons (Fsp3) is 0.429. The Morgan fingerprint density at radius 3 is 2.61 bits per heavy atom. The van der Waals surface area contributed by atoms with Crippen LogP contribution in [0.1, 0.15) is 26.3 Å². The maximum absolute atomic E-state index is 12.0. The minimum atomic E-state index is -0.431. The van der Waals surface area contributed by atoms with Crippen molar-refractivity contribution in [2.45, 2.75) is 27.7 Å². The van der Waals surface area contributed by atoms with E-state index in [1.807, 2.05) is 32.4 Å². The molecule has 0 radical (unpaired) electrons. The van der Waals surface area contributed by atoms with Crippen LogP contribution in [0.4, 0.5) is 0 Å². The molecule has 4 heteroatoms. The first-order valence-electron chi connectivity index (χ1n) is 5.94. The van der Waals surface area contributed by atoms with Gasteiger partial charge in [0.05, 0.1) is 10.2 Å². The Bertz CT molecular complexity index is 671. The van der Waals surface area contributed by atoms with E-state index in [9.17, 15) is 4.79 Å². The Morgan fingerprint density at radius 1 is 1.33 bits per heavy atom. The highest BCUT2D eigenvalue weighted by Crippen LogP contribution is 2.19. The number of thiazole rings is 1. The lowest BCUT2D eigenvalue weighted by atomic mass is 9.96. The highest BCUT2D eigenvalue weighted by atomic mass is 32.1. The number of benzene rings is 1. The van der Waals surface area contributed by atoms with E-state index >= 15 is 0 Å². The molecule has 0 saturated carbocycles. The summed E-state index contributed by atoms with van der Waals surface area (Å²) in [5.41, 5.74) is 1.91. The molecule has 1 aromatic carbocycles. The molecular formula is C14H18N2OS. The molecule has 0 bridgehead atoms.